The SMILES string of the molecule is CC(O)[C@H]1C(=O)N2C(C(=O)O)=C(S[C@@H]3CN[C@H](CC(N)=O)C3)C[C@H]12. The summed E-state index contributed by atoms with van der Waals surface area (Å²) in [6.07, 6.45) is 0.665. The van der Waals surface area contributed by atoms with E-state index < -0.39 is 18.0 Å². The number of amides is 2. The van der Waals surface area contributed by atoms with E-state index in [1.54, 1.807) is 6.92 Å². The highest BCUT2D eigenvalue weighted by atomic mass is 32.2. The van der Waals surface area contributed by atoms with E-state index in [9.17, 15) is 24.6 Å². The molecule has 2 fully saturated rings. The van der Waals surface area contributed by atoms with Gasteiger partial charge in [-0.1, -0.05) is 0 Å². The molecule has 0 spiro atoms. The van der Waals surface area contributed by atoms with E-state index in [2.05, 4.69) is 5.32 Å². The van der Waals surface area contributed by atoms with Gasteiger partial charge < -0.3 is 26.2 Å². The summed E-state index contributed by atoms with van der Waals surface area (Å²) in [7, 11) is 0. The smallest absolute Gasteiger partial charge is 0.353 e. The topological polar surface area (TPSA) is 133 Å². The average Bonchev–Trinajstić information content (AvgIpc) is 3.01. The van der Waals surface area contributed by atoms with E-state index >= 15 is 0 Å². The average molecular weight is 355 g/mol. The Morgan fingerprint density at radius 3 is 2.79 bits per heavy atom. The molecule has 3 heterocycles. The van der Waals surface area contributed by atoms with Crippen molar-refractivity contribution in [3.05, 3.63) is 10.6 Å². The maximum atomic E-state index is 12.2. The van der Waals surface area contributed by atoms with Crippen LogP contribution in [0.15, 0.2) is 10.6 Å². The van der Waals surface area contributed by atoms with Gasteiger partial charge in [0.2, 0.25) is 11.8 Å². The van der Waals surface area contributed by atoms with Crippen LogP contribution < -0.4 is 11.1 Å². The molecule has 0 aliphatic carbocycles. The van der Waals surface area contributed by atoms with Gasteiger partial charge in [-0.25, -0.2) is 4.79 Å². The molecule has 132 valence electrons. The fraction of sp³-hybridized carbons (Fsp3) is 0.667. The van der Waals surface area contributed by atoms with Gasteiger partial charge in [-0.2, -0.15) is 0 Å². The number of primary amides is 1. The van der Waals surface area contributed by atoms with Crippen LogP contribution in [0.4, 0.5) is 0 Å². The van der Waals surface area contributed by atoms with Crippen molar-refractivity contribution in [1.29, 1.82) is 0 Å². The molecule has 9 heteroatoms. The van der Waals surface area contributed by atoms with E-state index in [0.29, 0.717) is 17.9 Å². The number of aliphatic hydroxyl groups excluding tert-OH is 1. The Morgan fingerprint density at radius 1 is 1.50 bits per heavy atom. The van der Waals surface area contributed by atoms with Gasteiger partial charge in [0.25, 0.3) is 0 Å². The molecule has 3 aliphatic rings. The first kappa shape index (κ1) is 17.2. The van der Waals surface area contributed by atoms with Crippen molar-refractivity contribution in [2.75, 3.05) is 6.54 Å². The van der Waals surface area contributed by atoms with Gasteiger partial charge in [0.15, 0.2) is 0 Å². The molecule has 2 saturated heterocycles. The van der Waals surface area contributed by atoms with Crippen molar-refractivity contribution in [3.8, 4) is 0 Å². The Morgan fingerprint density at radius 2 is 2.21 bits per heavy atom. The van der Waals surface area contributed by atoms with Crippen molar-refractivity contribution >= 4 is 29.5 Å². The normalized spacial score (nSPS) is 33.4. The Hall–Kier alpha value is -1.58. The number of β-lactam (4-membered cyclic amide) rings is 1. The summed E-state index contributed by atoms with van der Waals surface area (Å²) in [5.41, 5.74) is 5.25. The Kier molecular flexibility index (Phi) is 4.58. The highest BCUT2D eigenvalue weighted by Crippen LogP contribution is 2.48. The first-order chi connectivity index (χ1) is 11.3. The fourth-order valence-electron chi connectivity index (χ4n) is 3.81. The van der Waals surface area contributed by atoms with Crippen LogP contribution in [0.3, 0.4) is 0 Å². The minimum Gasteiger partial charge on any atom is -0.477 e. The van der Waals surface area contributed by atoms with Gasteiger partial charge in [0.05, 0.1) is 18.1 Å². The van der Waals surface area contributed by atoms with Crippen molar-refractivity contribution < 1.29 is 24.6 Å². The lowest BCUT2D eigenvalue weighted by Crippen LogP contribution is -2.61. The zero-order valence-electron chi connectivity index (χ0n) is 13.3. The molecule has 8 nitrogen and oxygen atoms in total. The Bertz CT molecular complexity index is 620. The first-order valence-electron chi connectivity index (χ1n) is 7.95. The number of rotatable bonds is 6. The molecular weight excluding hydrogens is 334 g/mol. The van der Waals surface area contributed by atoms with E-state index in [1.165, 1.54) is 16.7 Å². The number of fused-ring (bicyclic) bond motifs is 1. The lowest BCUT2D eigenvalue weighted by molar-refractivity contribution is -0.161. The maximum absolute atomic E-state index is 12.2. The fourth-order valence-corrected chi connectivity index (χ4v) is 5.28. The van der Waals surface area contributed by atoms with Gasteiger partial charge in [0.1, 0.15) is 5.70 Å². The summed E-state index contributed by atoms with van der Waals surface area (Å²) in [6.45, 7) is 2.22. The number of carbonyl (C=O) groups excluding carboxylic acids is 2. The van der Waals surface area contributed by atoms with Crippen LogP contribution in [-0.2, 0) is 14.4 Å². The molecule has 2 amide bonds. The summed E-state index contributed by atoms with van der Waals surface area (Å²) >= 11 is 1.45. The number of carboxylic acid groups (broad SMARTS) is 1. The number of nitrogens with zero attached hydrogens (tertiary/aromatic N) is 1. The first-order valence-corrected chi connectivity index (χ1v) is 8.83. The van der Waals surface area contributed by atoms with Crippen LogP contribution in [0.1, 0.15) is 26.2 Å². The number of carbonyl (C=O) groups is 3. The molecule has 0 saturated carbocycles. The van der Waals surface area contributed by atoms with Gasteiger partial charge in [-0.3, -0.25) is 9.59 Å². The van der Waals surface area contributed by atoms with Crippen molar-refractivity contribution in [2.24, 2.45) is 11.7 Å². The second-order valence-corrected chi connectivity index (χ2v) is 7.97. The second-order valence-electron chi connectivity index (χ2n) is 6.57. The molecule has 5 N–H and O–H groups in total. The third-order valence-electron chi connectivity index (χ3n) is 4.83. The van der Waals surface area contributed by atoms with E-state index in [0.717, 1.165) is 6.42 Å². The molecule has 0 aromatic carbocycles. The molecule has 1 unspecified atom stereocenters. The predicted octanol–water partition coefficient (Wildman–Crippen LogP) is -0.767. The highest BCUT2D eigenvalue weighted by Gasteiger charge is 2.57. The number of aliphatic carboxylic acids is 1. The van der Waals surface area contributed by atoms with Crippen LogP contribution >= 0.6 is 11.8 Å². The van der Waals surface area contributed by atoms with Gasteiger partial charge in [-0.15, -0.1) is 11.8 Å². The quantitative estimate of drug-likeness (QED) is 0.460. The number of hydrogen-bond donors (Lipinski definition) is 4. The monoisotopic (exact) mass is 355 g/mol. The van der Waals surface area contributed by atoms with Crippen LogP contribution in [0.2, 0.25) is 0 Å². The number of carboxylic acids is 1. The van der Waals surface area contributed by atoms with Crippen molar-refractivity contribution in [3.63, 3.8) is 0 Å². The number of hydrogen-bond acceptors (Lipinski definition) is 6. The van der Waals surface area contributed by atoms with Gasteiger partial charge in [0, 0.05) is 35.6 Å². The Labute approximate surface area is 143 Å². The molecule has 24 heavy (non-hydrogen) atoms. The third kappa shape index (κ3) is 2.91. The largest absolute Gasteiger partial charge is 0.477 e. The maximum Gasteiger partial charge on any atom is 0.353 e. The number of thioether (sulfide) groups is 1. The highest BCUT2D eigenvalue weighted by molar-refractivity contribution is 8.03. The molecular formula is C15H21N3O5S. The van der Waals surface area contributed by atoms with Crippen LogP contribution in [0, 0.1) is 5.92 Å². The summed E-state index contributed by atoms with van der Waals surface area (Å²) < 4.78 is 0. The van der Waals surface area contributed by atoms with Gasteiger partial charge >= 0.3 is 5.97 Å². The standard InChI is InChI=1S/C15H21N3O5S/c1-6(19)12-9-4-10(13(15(22)23)18(9)14(12)21)24-8-2-7(17-5-8)3-11(16)20/h6-9,12,17,19H,2-5H2,1H3,(H2,16,20)(H,22,23)/t6?,7-,8-,9+,12+/m0/s1. The summed E-state index contributed by atoms with van der Waals surface area (Å²) in [4.78, 5) is 36.7. The zero-order chi connectivity index (χ0) is 17.6. The van der Waals surface area contributed by atoms with Crippen LogP contribution in [-0.4, -0.2) is 62.9 Å². The minimum atomic E-state index is -1.11. The second kappa shape index (κ2) is 6.38. The number of aliphatic hydroxyl groups is 1. The summed E-state index contributed by atoms with van der Waals surface area (Å²) in [6, 6.07) is -0.249. The summed E-state index contributed by atoms with van der Waals surface area (Å²) in [5.74, 6) is -2.32. The van der Waals surface area contributed by atoms with E-state index in [-0.39, 0.29) is 41.3 Å². The molecule has 5 atom stereocenters. The molecule has 3 rings (SSSR count). The van der Waals surface area contributed by atoms with Crippen LogP contribution in [0.5, 0.6) is 0 Å². The molecule has 0 aromatic rings. The lowest BCUT2D eigenvalue weighted by atomic mass is 9.83. The molecule has 3 aliphatic heterocycles. The third-order valence-corrected chi connectivity index (χ3v) is 6.17. The van der Waals surface area contributed by atoms with E-state index in [4.69, 9.17) is 5.73 Å². The predicted molar refractivity (Wildman–Crippen MR) is 86.7 cm³/mol. The van der Waals surface area contributed by atoms with E-state index in [1.807, 2.05) is 0 Å². The van der Waals surface area contributed by atoms with Crippen LogP contribution in [0.25, 0.3) is 0 Å². The molecule has 0 radical (unpaired) electrons. The van der Waals surface area contributed by atoms with Crippen molar-refractivity contribution in [1.82, 2.24) is 10.2 Å². The number of nitrogens with one attached hydrogen (secondary N) is 1. The molecule has 0 bridgehead atoms. The zero-order valence-corrected chi connectivity index (χ0v) is 14.1. The Balaban J connectivity index is 1.70. The van der Waals surface area contributed by atoms with Crippen molar-refractivity contribution in [2.45, 2.75) is 49.6 Å². The molecule has 0 aromatic heterocycles. The lowest BCUT2D eigenvalue weighted by Gasteiger charge is -2.44. The number of nitrogens with two attached hydrogens (primary N) is 1. The minimum absolute atomic E-state index is 0.0131. The summed E-state index contributed by atoms with van der Waals surface area (Å²) in [5, 5.41) is 22.6. The van der Waals surface area contributed by atoms with Gasteiger partial charge in [-0.05, 0) is 13.3 Å².